The fraction of sp³-hybridized carbons (Fsp3) is 0.929. The van der Waals surface area contributed by atoms with Crippen molar-refractivity contribution in [2.45, 2.75) is 136 Å². The number of ketones is 1. The van der Waals surface area contributed by atoms with Crippen molar-refractivity contribution in [3.05, 3.63) is 0 Å². The third-order valence-corrected chi connectivity index (χ3v) is 8.54. The van der Waals surface area contributed by atoms with E-state index in [-0.39, 0.29) is 30.6 Å². The number of methoxy groups -OCH3 is 1. The summed E-state index contributed by atoms with van der Waals surface area (Å²) < 4.78 is 24.1. The van der Waals surface area contributed by atoms with Crippen LogP contribution in [0.15, 0.2) is 0 Å². The van der Waals surface area contributed by atoms with E-state index < -0.39 is 65.6 Å². The van der Waals surface area contributed by atoms with Crippen LogP contribution in [0.25, 0.3) is 0 Å². The molecule has 0 amide bonds. The molecule has 0 radical (unpaired) electrons. The molecule has 37 heavy (non-hydrogen) atoms. The lowest BCUT2D eigenvalue weighted by Crippen LogP contribution is -2.57. The van der Waals surface area contributed by atoms with Gasteiger partial charge in [0.05, 0.1) is 29.8 Å². The molecule has 0 aromatic carbocycles. The van der Waals surface area contributed by atoms with Crippen molar-refractivity contribution in [3.63, 3.8) is 0 Å². The van der Waals surface area contributed by atoms with Gasteiger partial charge in [0.15, 0.2) is 6.29 Å². The summed E-state index contributed by atoms with van der Waals surface area (Å²) >= 11 is 0. The van der Waals surface area contributed by atoms with Crippen LogP contribution >= 0.6 is 0 Å². The molecule has 2 aliphatic heterocycles. The minimum Gasteiger partial charge on any atom is -0.459 e. The Bertz CT molecular complexity index is 771. The van der Waals surface area contributed by atoms with Gasteiger partial charge in [0, 0.05) is 18.9 Å². The van der Waals surface area contributed by atoms with E-state index in [1.807, 2.05) is 20.8 Å². The van der Waals surface area contributed by atoms with Crippen molar-refractivity contribution in [1.29, 1.82) is 0 Å². The van der Waals surface area contributed by atoms with Gasteiger partial charge in [-0.1, -0.05) is 34.6 Å². The summed E-state index contributed by atoms with van der Waals surface area (Å²) in [5, 5.41) is 32.9. The van der Waals surface area contributed by atoms with Crippen molar-refractivity contribution in [2.24, 2.45) is 23.7 Å². The first kappa shape index (κ1) is 32.1. The van der Waals surface area contributed by atoms with Crippen LogP contribution in [0.4, 0.5) is 0 Å². The first-order valence-corrected chi connectivity index (χ1v) is 13.8. The number of cyclic esters (lactones) is 1. The molecule has 0 aromatic heterocycles. The maximum absolute atomic E-state index is 13.5. The molecule has 2 rings (SSSR count). The van der Waals surface area contributed by atoms with E-state index >= 15 is 0 Å². The molecule has 2 heterocycles. The molecule has 0 aliphatic carbocycles. The SMILES string of the molecule is CC[C@H]1OC(=O)[C@H](C)C[C@H](C)C(O[C@@H]2O[C@H](C)CC[C@H]2O)[C@](C)(OC)C[C@@H](C)C(=O)[C@H](C)[C@@H](O)[C@]1(C)O. The Labute approximate surface area is 222 Å². The number of aliphatic hydroxyl groups is 3. The summed E-state index contributed by atoms with van der Waals surface area (Å²) in [6.07, 6.45) is -2.60. The van der Waals surface area contributed by atoms with Gasteiger partial charge < -0.3 is 34.3 Å². The van der Waals surface area contributed by atoms with Gasteiger partial charge in [-0.05, 0) is 58.8 Å². The molecule has 0 spiro atoms. The lowest BCUT2D eigenvalue weighted by molar-refractivity contribution is -0.287. The molecule has 216 valence electrons. The van der Waals surface area contributed by atoms with Crippen LogP contribution < -0.4 is 0 Å². The minimum atomic E-state index is -1.81. The van der Waals surface area contributed by atoms with Gasteiger partial charge in [-0.25, -0.2) is 0 Å². The summed E-state index contributed by atoms with van der Waals surface area (Å²) in [5.41, 5.74) is -2.79. The number of ether oxygens (including phenoxy) is 4. The Morgan fingerprint density at radius 2 is 1.65 bits per heavy atom. The zero-order valence-corrected chi connectivity index (χ0v) is 24.1. The number of hydrogen-bond donors (Lipinski definition) is 3. The maximum Gasteiger partial charge on any atom is 0.309 e. The van der Waals surface area contributed by atoms with Gasteiger partial charge in [0.1, 0.15) is 23.6 Å². The normalized spacial score (nSPS) is 47.2. The lowest BCUT2D eigenvalue weighted by Gasteiger charge is -2.45. The second kappa shape index (κ2) is 12.8. The number of esters is 1. The second-order valence-corrected chi connectivity index (χ2v) is 11.9. The molecular weight excluding hydrogens is 480 g/mol. The highest BCUT2D eigenvalue weighted by atomic mass is 16.7. The Balaban J connectivity index is 2.50. The number of carbonyl (C=O) groups is 2. The van der Waals surface area contributed by atoms with Crippen molar-refractivity contribution in [2.75, 3.05) is 7.11 Å². The van der Waals surface area contributed by atoms with Gasteiger partial charge in [0.2, 0.25) is 0 Å². The first-order valence-electron chi connectivity index (χ1n) is 13.8. The lowest BCUT2D eigenvalue weighted by atomic mass is 9.74. The Morgan fingerprint density at radius 3 is 2.22 bits per heavy atom. The zero-order chi connectivity index (χ0) is 28.3. The van der Waals surface area contributed by atoms with Gasteiger partial charge >= 0.3 is 5.97 Å². The molecule has 2 saturated heterocycles. The molecule has 1 unspecified atom stereocenters. The number of carbonyl (C=O) groups excluding carboxylic acids is 2. The number of Topliss-reactive ketones (excluding diaryl/α,β-unsaturated/α-hetero) is 1. The quantitative estimate of drug-likeness (QED) is 0.469. The van der Waals surface area contributed by atoms with E-state index in [1.54, 1.807) is 34.8 Å². The van der Waals surface area contributed by atoms with Gasteiger partial charge in [0.25, 0.3) is 0 Å². The third-order valence-electron chi connectivity index (χ3n) is 8.54. The van der Waals surface area contributed by atoms with Crippen LogP contribution in [0, 0.1) is 23.7 Å². The zero-order valence-electron chi connectivity index (χ0n) is 24.1. The highest BCUT2D eigenvalue weighted by Gasteiger charge is 2.49. The van der Waals surface area contributed by atoms with E-state index in [0.717, 1.165) is 6.42 Å². The van der Waals surface area contributed by atoms with Crippen molar-refractivity contribution < 1.29 is 43.9 Å². The fourth-order valence-corrected chi connectivity index (χ4v) is 6.05. The fourth-order valence-electron chi connectivity index (χ4n) is 6.05. The molecule has 2 fully saturated rings. The smallest absolute Gasteiger partial charge is 0.309 e. The van der Waals surface area contributed by atoms with Crippen LogP contribution in [0.5, 0.6) is 0 Å². The summed E-state index contributed by atoms with van der Waals surface area (Å²) in [5.74, 6) is -2.98. The van der Waals surface area contributed by atoms with Gasteiger partial charge in [-0.15, -0.1) is 0 Å². The molecule has 9 nitrogen and oxygen atoms in total. The molecule has 0 saturated carbocycles. The van der Waals surface area contributed by atoms with Gasteiger partial charge in [-0.3, -0.25) is 9.59 Å². The molecular formula is C28H50O9. The second-order valence-electron chi connectivity index (χ2n) is 11.9. The van der Waals surface area contributed by atoms with Crippen molar-refractivity contribution in [1.82, 2.24) is 0 Å². The summed E-state index contributed by atoms with van der Waals surface area (Å²) in [4.78, 5) is 26.6. The molecule has 0 bridgehead atoms. The van der Waals surface area contributed by atoms with Crippen LogP contribution in [-0.2, 0) is 28.5 Å². The molecule has 2 aliphatic rings. The molecule has 3 N–H and O–H groups in total. The van der Waals surface area contributed by atoms with Crippen LogP contribution in [-0.4, -0.2) is 82.2 Å². The van der Waals surface area contributed by atoms with Gasteiger partial charge in [-0.2, -0.15) is 0 Å². The van der Waals surface area contributed by atoms with E-state index in [9.17, 15) is 24.9 Å². The Kier molecular flexibility index (Phi) is 11.1. The van der Waals surface area contributed by atoms with E-state index in [0.29, 0.717) is 12.8 Å². The summed E-state index contributed by atoms with van der Waals surface area (Å²) in [6.45, 7) is 14.0. The van der Waals surface area contributed by atoms with Crippen molar-refractivity contribution >= 4 is 11.8 Å². The average Bonchev–Trinajstić information content (AvgIpc) is 2.84. The maximum atomic E-state index is 13.5. The summed E-state index contributed by atoms with van der Waals surface area (Å²) in [7, 11) is 1.55. The molecule has 12 atom stereocenters. The minimum absolute atomic E-state index is 0.0773. The summed E-state index contributed by atoms with van der Waals surface area (Å²) in [6, 6.07) is 0. The molecule has 0 aromatic rings. The number of rotatable bonds is 4. The molecule has 9 heteroatoms. The topological polar surface area (TPSA) is 132 Å². The standard InChI is InChI=1S/C28H50O9/c1-10-21-28(8,33)23(31)19(6)22(30)17(4)14-27(7,34-9)24(15(2)13-16(3)25(32)36-21)37-26-20(29)12-11-18(5)35-26/h15-21,23-24,26,29,31,33H,10-14H2,1-9H3/t15-,16+,17+,18+,19-,20+,21+,23+,24?,26-,27+,28+/m0/s1. The van der Waals surface area contributed by atoms with Crippen molar-refractivity contribution in [3.8, 4) is 0 Å². The Morgan fingerprint density at radius 1 is 1.03 bits per heavy atom. The van der Waals surface area contributed by atoms with E-state index in [1.165, 1.54) is 6.92 Å². The Hall–Kier alpha value is -1.10. The van der Waals surface area contributed by atoms with Crippen LogP contribution in [0.3, 0.4) is 0 Å². The number of hydrogen-bond acceptors (Lipinski definition) is 9. The highest BCUT2D eigenvalue weighted by Crippen LogP contribution is 2.38. The van der Waals surface area contributed by atoms with E-state index in [2.05, 4.69) is 0 Å². The predicted molar refractivity (Wildman–Crippen MR) is 138 cm³/mol. The first-order chi connectivity index (χ1) is 17.1. The monoisotopic (exact) mass is 530 g/mol. The highest BCUT2D eigenvalue weighted by molar-refractivity contribution is 5.83. The largest absolute Gasteiger partial charge is 0.459 e. The predicted octanol–water partition coefficient (Wildman–Crippen LogP) is 3.00. The number of aliphatic hydroxyl groups excluding tert-OH is 2. The third kappa shape index (κ3) is 7.31. The van der Waals surface area contributed by atoms with Crippen LogP contribution in [0.2, 0.25) is 0 Å². The van der Waals surface area contributed by atoms with Crippen LogP contribution in [0.1, 0.15) is 87.5 Å². The average molecular weight is 531 g/mol. The van der Waals surface area contributed by atoms with E-state index in [4.69, 9.17) is 18.9 Å².